The van der Waals surface area contributed by atoms with Gasteiger partial charge in [-0.1, -0.05) is 6.92 Å². The predicted octanol–water partition coefficient (Wildman–Crippen LogP) is 1.95. The molecule has 0 aliphatic heterocycles. The van der Waals surface area contributed by atoms with Gasteiger partial charge in [-0.2, -0.15) is 5.26 Å². The maximum Gasteiger partial charge on any atom is 0.0622 e. The molecule has 0 bridgehead atoms. The Morgan fingerprint density at radius 2 is 1.47 bits per heavy atom. The van der Waals surface area contributed by atoms with Crippen LogP contribution in [-0.2, 0) is 0 Å². The zero-order valence-corrected chi connectivity index (χ0v) is 10.5. The molecule has 0 atom stereocenters. The van der Waals surface area contributed by atoms with Crippen molar-refractivity contribution in [2.24, 2.45) is 0 Å². The molecule has 0 aromatic heterocycles. The van der Waals surface area contributed by atoms with Gasteiger partial charge >= 0.3 is 0 Å². The van der Waals surface area contributed by atoms with Gasteiger partial charge in [-0.05, 0) is 59.5 Å². The molecular formula is C12H25N3. The molecule has 15 heavy (non-hydrogen) atoms. The van der Waals surface area contributed by atoms with Crippen LogP contribution in [0.5, 0.6) is 0 Å². The van der Waals surface area contributed by atoms with Crippen molar-refractivity contribution in [2.75, 3.05) is 40.3 Å². The topological polar surface area (TPSA) is 30.3 Å². The maximum absolute atomic E-state index is 8.41. The monoisotopic (exact) mass is 211 g/mol. The lowest BCUT2D eigenvalue weighted by Gasteiger charge is -2.17. The molecular weight excluding hydrogens is 186 g/mol. The molecule has 0 unspecified atom stereocenters. The van der Waals surface area contributed by atoms with E-state index in [4.69, 9.17) is 5.26 Å². The third-order valence-corrected chi connectivity index (χ3v) is 2.70. The Morgan fingerprint density at radius 1 is 0.933 bits per heavy atom. The first kappa shape index (κ1) is 14.4. The minimum atomic E-state index is 0.683. The van der Waals surface area contributed by atoms with E-state index in [1.54, 1.807) is 0 Å². The molecule has 0 aliphatic rings. The van der Waals surface area contributed by atoms with Crippen LogP contribution in [0.2, 0.25) is 0 Å². The molecule has 88 valence electrons. The van der Waals surface area contributed by atoms with Crippen LogP contribution < -0.4 is 0 Å². The van der Waals surface area contributed by atoms with E-state index < -0.39 is 0 Å². The third kappa shape index (κ3) is 9.71. The van der Waals surface area contributed by atoms with Crippen molar-refractivity contribution in [3.63, 3.8) is 0 Å². The molecule has 0 radical (unpaired) electrons. The van der Waals surface area contributed by atoms with Gasteiger partial charge in [0.15, 0.2) is 0 Å². The second-order valence-electron chi connectivity index (χ2n) is 4.17. The summed E-state index contributed by atoms with van der Waals surface area (Å²) >= 11 is 0. The van der Waals surface area contributed by atoms with Gasteiger partial charge in [0.2, 0.25) is 0 Å². The van der Waals surface area contributed by atoms with Crippen LogP contribution >= 0.6 is 0 Å². The standard InChI is InChI=1S/C12H25N3/c1-4-14(2)10-7-8-12-15(3)11-6-5-9-13/h4-8,10-12H2,1-3H3. The molecule has 0 spiro atoms. The van der Waals surface area contributed by atoms with Crippen molar-refractivity contribution >= 4 is 0 Å². The van der Waals surface area contributed by atoms with Crippen LogP contribution in [0.1, 0.15) is 32.6 Å². The summed E-state index contributed by atoms with van der Waals surface area (Å²) in [5.41, 5.74) is 0. The Labute approximate surface area is 94.7 Å². The molecule has 0 amide bonds. The van der Waals surface area contributed by atoms with E-state index in [0.29, 0.717) is 6.42 Å². The average molecular weight is 211 g/mol. The summed E-state index contributed by atoms with van der Waals surface area (Å²) in [6.45, 7) is 6.73. The van der Waals surface area contributed by atoms with E-state index in [0.717, 1.165) is 26.1 Å². The third-order valence-electron chi connectivity index (χ3n) is 2.70. The molecule has 3 heteroatoms. The molecule has 0 aliphatic carbocycles. The second-order valence-corrected chi connectivity index (χ2v) is 4.17. The van der Waals surface area contributed by atoms with Crippen molar-refractivity contribution in [3.8, 4) is 6.07 Å². The first-order chi connectivity index (χ1) is 7.20. The summed E-state index contributed by atoms with van der Waals surface area (Å²) in [6.07, 6.45) is 4.21. The summed E-state index contributed by atoms with van der Waals surface area (Å²) in [4.78, 5) is 4.67. The zero-order valence-electron chi connectivity index (χ0n) is 10.5. The van der Waals surface area contributed by atoms with Gasteiger partial charge in [-0.15, -0.1) is 0 Å². The summed E-state index contributed by atoms with van der Waals surface area (Å²) in [7, 11) is 4.30. The largest absolute Gasteiger partial charge is 0.307 e. The predicted molar refractivity (Wildman–Crippen MR) is 64.7 cm³/mol. The summed E-state index contributed by atoms with van der Waals surface area (Å²) in [5, 5.41) is 8.41. The Balaban J connectivity index is 3.24. The molecule has 0 N–H and O–H groups in total. The van der Waals surface area contributed by atoms with Crippen molar-refractivity contribution in [3.05, 3.63) is 0 Å². The van der Waals surface area contributed by atoms with Gasteiger partial charge < -0.3 is 9.80 Å². The van der Waals surface area contributed by atoms with Crippen molar-refractivity contribution in [1.29, 1.82) is 5.26 Å². The molecule has 0 aromatic rings. The second kappa shape index (κ2) is 9.95. The highest BCUT2D eigenvalue weighted by Gasteiger charge is 1.99. The van der Waals surface area contributed by atoms with Crippen LogP contribution in [0, 0.1) is 11.3 Å². The average Bonchev–Trinajstić information content (AvgIpc) is 2.24. The molecule has 0 heterocycles. The fourth-order valence-electron chi connectivity index (χ4n) is 1.46. The van der Waals surface area contributed by atoms with Gasteiger partial charge in [-0.3, -0.25) is 0 Å². The van der Waals surface area contributed by atoms with Crippen molar-refractivity contribution < 1.29 is 0 Å². The van der Waals surface area contributed by atoms with Crippen LogP contribution in [0.15, 0.2) is 0 Å². The highest BCUT2D eigenvalue weighted by molar-refractivity contribution is 4.69. The van der Waals surface area contributed by atoms with Gasteiger partial charge in [0.25, 0.3) is 0 Å². The Kier molecular flexibility index (Phi) is 9.55. The lowest BCUT2D eigenvalue weighted by atomic mass is 10.2. The number of rotatable bonds is 9. The molecule has 0 saturated carbocycles. The number of nitrogens with zero attached hydrogens (tertiary/aromatic N) is 3. The fraction of sp³-hybridized carbons (Fsp3) is 0.917. The number of hydrogen-bond acceptors (Lipinski definition) is 3. The first-order valence-corrected chi connectivity index (χ1v) is 5.94. The smallest absolute Gasteiger partial charge is 0.0622 e. The molecule has 3 nitrogen and oxygen atoms in total. The van der Waals surface area contributed by atoms with E-state index >= 15 is 0 Å². The van der Waals surface area contributed by atoms with Gasteiger partial charge in [0.1, 0.15) is 0 Å². The minimum Gasteiger partial charge on any atom is -0.307 e. The SMILES string of the molecule is CCN(C)CCCCN(C)CCCC#N. The minimum absolute atomic E-state index is 0.683. The van der Waals surface area contributed by atoms with E-state index in [1.807, 2.05) is 0 Å². The van der Waals surface area contributed by atoms with E-state index in [-0.39, 0.29) is 0 Å². The molecule has 0 fully saturated rings. The van der Waals surface area contributed by atoms with Crippen molar-refractivity contribution in [2.45, 2.75) is 32.6 Å². The molecule has 0 rings (SSSR count). The summed E-state index contributed by atoms with van der Waals surface area (Å²) in [6, 6.07) is 2.18. The zero-order chi connectivity index (χ0) is 11.5. The van der Waals surface area contributed by atoms with E-state index in [2.05, 4.69) is 36.9 Å². The molecule has 0 saturated heterocycles. The van der Waals surface area contributed by atoms with Gasteiger partial charge in [0.05, 0.1) is 6.07 Å². The summed E-state index contributed by atoms with van der Waals surface area (Å²) in [5.74, 6) is 0. The van der Waals surface area contributed by atoms with Crippen molar-refractivity contribution in [1.82, 2.24) is 9.80 Å². The van der Waals surface area contributed by atoms with E-state index in [9.17, 15) is 0 Å². The Morgan fingerprint density at radius 3 is 2.00 bits per heavy atom. The quantitative estimate of drug-likeness (QED) is 0.546. The Hall–Kier alpha value is -0.590. The normalized spacial score (nSPS) is 10.9. The number of hydrogen-bond donors (Lipinski definition) is 0. The summed E-state index contributed by atoms with van der Waals surface area (Å²) < 4.78 is 0. The lowest BCUT2D eigenvalue weighted by molar-refractivity contribution is 0.298. The van der Waals surface area contributed by atoms with E-state index in [1.165, 1.54) is 19.4 Å². The maximum atomic E-state index is 8.41. The number of unbranched alkanes of at least 4 members (excludes halogenated alkanes) is 2. The highest BCUT2D eigenvalue weighted by atomic mass is 15.1. The van der Waals surface area contributed by atoms with Crippen LogP contribution in [0.3, 0.4) is 0 Å². The number of nitriles is 1. The lowest BCUT2D eigenvalue weighted by Crippen LogP contribution is -2.23. The van der Waals surface area contributed by atoms with Crippen LogP contribution in [0.4, 0.5) is 0 Å². The highest BCUT2D eigenvalue weighted by Crippen LogP contribution is 1.97. The Bertz CT molecular complexity index is 174. The van der Waals surface area contributed by atoms with Crippen LogP contribution in [-0.4, -0.2) is 50.1 Å². The molecule has 0 aromatic carbocycles. The van der Waals surface area contributed by atoms with Gasteiger partial charge in [0, 0.05) is 6.42 Å². The first-order valence-electron chi connectivity index (χ1n) is 5.94. The van der Waals surface area contributed by atoms with Gasteiger partial charge in [-0.25, -0.2) is 0 Å². The van der Waals surface area contributed by atoms with Crippen LogP contribution in [0.25, 0.3) is 0 Å². The fourth-order valence-corrected chi connectivity index (χ4v) is 1.46.